The first-order valence-electron chi connectivity index (χ1n) is 2.84. The molecule has 0 aromatic carbocycles. The lowest BCUT2D eigenvalue weighted by molar-refractivity contribution is 0.163. The molecule has 2 heteroatoms. The van der Waals surface area contributed by atoms with Crippen LogP contribution in [0.1, 0.15) is 20.8 Å². The molecule has 0 saturated heterocycles. The molecule has 0 aromatic rings. The Morgan fingerprint density at radius 2 is 1.12 bits per heavy atom. The van der Waals surface area contributed by atoms with Crippen molar-refractivity contribution in [3.63, 3.8) is 0 Å². The molecule has 0 aliphatic rings. The molecule has 2 unspecified atom stereocenters. The lowest BCUT2D eigenvalue weighted by Gasteiger charge is -2.12. The van der Waals surface area contributed by atoms with Crippen LogP contribution in [0.2, 0.25) is 0 Å². The zero-order valence-electron chi connectivity index (χ0n) is 5.49. The van der Waals surface area contributed by atoms with Crippen LogP contribution in [0.3, 0.4) is 0 Å². The molecule has 0 bridgehead atoms. The van der Waals surface area contributed by atoms with E-state index in [1.54, 1.807) is 6.92 Å². The van der Waals surface area contributed by atoms with Crippen molar-refractivity contribution in [1.82, 2.24) is 0 Å². The van der Waals surface area contributed by atoms with Gasteiger partial charge in [0.15, 0.2) is 0 Å². The molecule has 0 radical (unpaired) electrons. The molecule has 0 N–H and O–H groups in total. The molecule has 0 aliphatic heterocycles. The zero-order valence-corrected chi connectivity index (χ0v) is 5.49. The van der Waals surface area contributed by atoms with E-state index in [1.165, 1.54) is 13.8 Å². The maximum absolute atomic E-state index is 12.1. The van der Waals surface area contributed by atoms with Gasteiger partial charge in [-0.05, 0) is 13.8 Å². The van der Waals surface area contributed by atoms with Gasteiger partial charge < -0.3 is 0 Å². The lowest BCUT2D eigenvalue weighted by Crippen LogP contribution is -2.17. The summed E-state index contributed by atoms with van der Waals surface area (Å²) < 4.78 is 24.2. The highest BCUT2D eigenvalue weighted by Crippen LogP contribution is 2.13. The molecule has 0 aromatic heterocycles. The van der Waals surface area contributed by atoms with Crippen LogP contribution >= 0.6 is 0 Å². The monoisotopic (exact) mass is 122 g/mol. The Balaban J connectivity index is 3.46. The molecule has 0 spiro atoms. The van der Waals surface area contributed by atoms with E-state index in [2.05, 4.69) is 0 Å². The van der Waals surface area contributed by atoms with Crippen LogP contribution in [-0.2, 0) is 0 Å². The summed E-state index contributed by atoms with van der Waals surface area (Å²) in [5.41, 5.74) is 0. The fourth-order valence-corrected chi connectivity index (χ4v) is 0.365. The predicted octanol–water partition coefficient (Wildman–Crippen LogP) is 2.34. The van der Waals surface area contributed by atoms with Crippen LogP contribution in [-0.4, -0.2) is 12.3 Å². The fraction of sp³-hybridized carbons (Fsp3) is 1.00. The lowest BCUT2D eigenvalue weighted by atomic mass is 10.0. The first-order chi connectivity index (χ1) is 3.55. The molecule has 0 fully saturated rings. The average Bonchev–Trinajstić information content (AvgIpc) is 1.64. The third kappa shape index (κ3) is 2.24. The molecule has 0 aliphatic carbocycles. The second kappa shape index (κ2) is 3.00. The zero-order chi connectivity index (χ0) is 6.73. The van der Waals surface area contributed by atoms with Gasteiger partial charge in [0.25, 0.3) is 0 Å². The molecule has 8 heavy (non-hydrogen) atoms. The maximum atomic E-state index is 12.1. The van der Waals surface area contributed by atoms with Crippen LogP contribution in [0.5, 0.6) is 0 Å². The SMILES string of the molecule is CC(F)C(C)[C@H](C)F. The Hall–Kier alpha value is -0.140. The molecule has 0 saturated carbocycles. The van der Waals surface area contributed by atoms with Crippen LogP contribution < -0.4 is 0 Å². The van der Waals surface area contributed by atoms with Crippen molar-refractivity contribution < 1.29 is 8.78 Å². The van der Waals surface area contributed by atoms with Crippen LogP contribution in [0.4, 0.5) is 8.78 Å². The van der Waals surface area contributed by atoms with E-state index in [0.29, 0.717) is 0 Å². The third-order valence-electron chi connectivity index (χ3n) is 1.45. The second-order valence-electron chi connectivity index (χ2n) is 2.21. The normalized spacial score (nSPS) is 22.1. The predicted molar refractivity (Wildman–Crippen MR) is 30.3 cm³/mol. The van der Waals surface area contributed by atoms with E-state index in [4.69, 9.17) is 0 Å². The first-order valence-corrected chi connectivity index (χ1v) is 2.84. The van der Waals surface area contributed by atoms with Crippen molar-refractivity contribution in [2.75, 3.05) is 0 Å². The molecule has 0 amide bonds. The van der Waals surface area contributed by atoms with E-state index in [9.17, 15) is 8.78 Å². The van der Waals surface area contributed by atoms with E-state index in [-0.39, 0.29) is 0 Å². The van der Waals surface area contributed by atoms with Crippen molar-refractivity contribution in [3.8, 4) is 0 Å². The van der Waals surface area contributed by atoms with E-state index >= 15 is 0 Å². The van der Waals surface area contributed by atoms with Crippen molar-refractivity contribution in [3.05, 3.63) is 0 Å². The Morgan fingerprint density at radius 3 is 1.12 bits per heavy atom. The summed E-state index contributed by atoms with van der Waals surface area (Å²) in [6.07, 6.45) is -2.06. The third-order valence-corrected chi connectivity index (χ3v) is 1.45. The summed E-state index contributed by atoms with van der Waals surface area (Å²) >= 11 is 0. The Bertz CT molecular complexity index is 51.5. The number of rotatable bonds is 2. The van der Waals surface area contributed by atoms with Crippen molar-refractivity contribution in [1.29, 1.82) is 0 Å². The van der Waals surface area contributed by atoms with Crippen molar-refractivity contribution in [2.45, 2.75) is 33.1 Å². The molecule has 0 rings (SSSR count). The maximum Gasteiger partial charge on any atom is 0.103 e. The number of halogens is 2. The number of hydrogen-bond donors (Lipinski definition) is 0. The van der Waals surface area contributed by atoms with Crippen LogP contribution in [0.25, 0.3) is 0 Å². The van der Waals surface area contributed by atoms with Crippen LogP contribution in [0.15, 0.2) is 0 Å². The summed E-state index contributed by atoms with van der Waals surface area (Å²) in [6.45, 7) is 4.32. The first kappa shape index (κ1) is 7.86. The minimum absolute atomic E-state index is 0.463. The Kier molecular flexibility index (Phi) is 2.95. The summed E-state index contributed by atoms with van der Waals surface area (Å²) in [7, 11) is 0. The molecular formula is C6H12F2. The van der Waals surface area contributed by atoms with Gasteiger partial charge in [-0.15, -0.1) is 0 Å². The topological polar surface area (TPSA) is 0 Å². The summed E-state index contributed by atoms with van der Waals surface area (Å²) in [4.78, 5) is 0. The Morgan fingerprint density at radius 1 is 0.875 bits per heavy atom. The van der Waals surface area contributed by atoms with E-state index < -0.39 is 18.3 Å². The Labute approximate surface area is 48.9 Å². The highest BCUT2D eigenvalue weighted by Gasteiger charge is 2.16. The van der Waals surface area contributed by atoms with Crippen molar-refractivity contribution in [2.24, 2.45) is 5.92 Å². The molecule has 50 valence electrons. The van der Waals surface area contributed by atoms with Gasteiger partial charge in [0, 0.05) is 5.92 Å². The molecule has 3 atom stereocenters. The minimum atomic E-state index is -1.03. The average molecular weight is 122 g/mol. The van der Waals surface area contributed by atoms with Crippen molar-refractivity contribution >= 4 is 0 Å². The smallest absolute Gasteiger partial charge is 0.103 e. The molecular weight excluding hydrogens is 110 g/mol. The second-order valence-corrected chi connectivity index (χ2v) is 2.21. The van der Waals surface area contributed by atoms with Gasteiger partial charge in [-0.2, -0.15) is 0 Å². The van der Waals surface area contributed by atoms with Gasteiger partial charge in [0.1, 0.15) is 12.3 Å². The summed E-state index contributed by atoms with van der Waals surface area (Å²) in [6, 6.07) is 0. The van der Waals surface area contributed by atoms with Gasteiger partial charge in [-0.25, -0.2) is 8.78 Å². The minimum Gasteiger partial charge on any atom is -0.247 e. The summed E-state index contributed by atoms with van der Waals surface area (Å²) in [5, 5.41) is 0. The number of hydrogen-bond acceptors (Lipinski definition) is 0. The van der Waals surface area contributed by atoms with Gasteiger partial charge >= 0.3 is 0 Å². The van der Waals surface area contributed by atoms with Gasteiger partial charge in [0.2, 0.25) is 0 Å². The largest absolute Gasteiger partial charge is 0.247 e. The number of alkyl halides is 2. The highest BCUT2D eigenvalue weighted by molar-refractivity contribution is 4.64. The quantitative estimate of drug-likeness (QED) is 0.527. The summed E-state index contributed by atoms with van der Waals surface area (Å²) in [5.74, 6) is -0.463. The molecule has 0 heterocycles. The van der Waals surface area contributed by atoms with E-state index in [1.807, 2.05) is 0 Å². The van der Waals surface area contributed by atoms with Gasteiger partial charge in [-0.3, -0.25) is 0 Å². The van der Waals surface area contributed by atoms with Gasteiger partial charge in [0.05, 0.1) is 0 Å². The van der Waals surface area contributed by atoms with Gasteiger partial charge in [-0.1, -0.05) is 6.92 Å². The highest BCUT2D eigenvalue weighted by atomic mass is 19.1. The molecule has 0 nitrogen and oxygen atoms in total. The van der Waals surface area contributed by atoms with E-state index in [0.717, 1.165) is 0 Å². The fourth-order valence-electron chi connectivity index (χ4n) is 0.365. The van der Waals surface area contributed by atoms with Crippen LogP contribution in [0, 0.1) is 5.92 Å². The standard InChI is InChI=1S/C6H12F2/c1-4(5(2)7)6(3)8/h4-6H,1-3H3/t4?,5-,6?/m0/s1.